The van der Waals surface area contributed by atoms with Gasteiger partial charge in [-0.25, -0.2) is 4.39 Å². The highest BCUT2D eigenvalue weighted by atomic mass is 19.1. The maximum Gasteiger partial charge on any atom is 0.253 e. The van der Waals surface area contributed by atoms with Crippen LogP contribution in [0.2, 0.25) is 0 Å². The molecule has 2 aromatic rings. The summed E-state index contributed by atoms with van der Waals surface area (Å²) in [4.78, 5) is 25.3. The molecule has 2 amide bonds. The van der Waals surface area contributed by atoms with Gasteiger partial charge in [0.2, 0.25) is 0 Å². The highest BCUT2D eigenvalue weighted by molar-refractivity contribution is 5.94. The highest BCUT2D eigenvalue weighted by Gasteiger charge is 2.09. The van der Waals surface area contributed by atoms with E-state index >= 15 is 0 Å². The normalized spacial score (nSPS) is 10.2. The van der Waals surface area contributed by atoms with E-state index in [0.29, 0.717) is 24.1 Å². The zero-order chi connectivity index (χ0) is 16.8. The number of benzene rings is 2. The number of amides is 2. The van der Waals surface area contributed by atoms with Crippen LogP contribution in [-0.2, 0) is 6.42 Å². The van der Waals surface area contributed by atoms with E-state index in [1.165, 1.54) is 23.1 Å². The second-order valence-corrected chi connectivity index (χ2v) is 5.42. The van der Waals surface area contributed by atoms with Crippen molar-refractivity contribution in [3.63, 3.8) is 0 Å². The molecule has 2 rings (SSSR count). The predicted octanol–water partition coefficient (Wildman–Crippen LogP) is 2.50. The summed E-state index contributed by atoms with van der Waals surface area (Å²) >= 11 is 0. The lowest BCUT2D eigenvalue weighted by molar-refractivity contribution is 0.0827. The minimum Gasteiger partial charge on any atom is -0.352 e. The molecule has 120 valence electrons. The first-order valence-electron chi connectivity index (χ1n) is 7.32. The Labute approximate surface area is 134 Å². The van der Waals surface area contributed by atoms with Gasteiger partial charge in [0.1, 0.15) is 5.82 Å². The molecule has 23 heavy (non-hydrogen) atoms. The molecule has 0 aliphatic carbocycles. The molecule has 0 spiro atoms. The Morgan fingerprint density at radius 2 is 1.74 bits per heavy atom. The Hall–Kier alpha value is -2.69. The van der Waals surface area contributed by atoms with Crippen LogP contribution in [0.1, 0.15) is 26.3 Å². The zero-order valence-electron chi connectivity index (χ0n) is 13.2. The minimum atomic E-state index is -0.437. The summed E-state index contributed by atoms with van der Waals surface area (Å²) in [5.74, 6) is -0.812. The Kier molecular flexibility index (Phi) is 5.46. The molecule has 4 nitrogen and oxygen atoms in total. The number of hydrogen-bond acceptors (Lipinski definition) is 2. The Balaban J connectivity index is 1.93. The molecular weight excluding hydrogens is 295 g/mol. The van der Waals surface area contributed by atoms with E-state index < -0.39 is 5.82 Å². The van der Waals surface area contributed by atoms with Crippen LogP contribution in [0.15, 0.2) is 48.5 Å². The summed E-state index contributed by atoms with van der Waals surface area (Å²) in [5, 5.41) is 2.75. The smallest absolute Gasteiger partial charge is 0.253 e. The van der Waals surface area contributed by atoms with Gasteiger partial charge in [-0.3, -0.25) is 9.59 Å². The fourth-order valence-electron chi connectivity index (χ4n) is 2.17. The number of nitrogens with zero attached hydrogens (tertiary/aromatic N) is 1. The molecule has 0 bridgehead atoms. The quantitative estimate of drug-likeness (QED) is 0.922. The molecule has 0 unspecified atom stereocenters. The molecule has 0 atom stereocenters. The van der Waals surface area contributed by atoms with Crippen molar-refractivity contribution in [1.82, 2.24) is 10.2 Å². The van der Waals surface area contributed by atoms with Crippen molar-refractivity contribution in [2.24, 2.45) is 0 Å². The van der Waals surface area contributed by atoms with Crippen molar-refractivity contribution in [3.8, 4) is 0 Å². The third-order valence-corrected chi connectivity index (χ3v) is 3.37. The second-order valence-electron chi connectivity index (χ2n) is 5.42. The molecule has 0 radical (unpaired) electrons. The third kappa shape index (κ3) is 4.64. The van der Waals surface area contributed by atoms with E-state index in [-0.39, 0.29) is 11.8 Å². The molecule has 0 saturated heterocycles. The van der Waals surface area contributed by atoms with Crippen molar-refractivity contribution in [1.29, 1.82) is 0 Å². The number of rotatable bonds is 5. The first-order valence-corrected chi connectivity index (χ1v) is 7.32. The van der Waals surface area contributed by atoms with Crippen LogP contribution in [0.4, 0.5) is 4.39 Å². The third-order valence-electron chi connectivity index (χ3n) is 3.37. The summed E-state index contributed by atoms with van der Waals surface area (Å²) < 4.78 is 13.1. The molecule has 0 aromatic heterocycles. The monoisotopic (exact) mass is 314 g/mol. The SMILES string of the molecule is CN(C)C(=O)c1cccc(CCNC(=O)c2cccc(F)c2)c1. The number of hydrogen-bond donors (Lipinski definition) is 1. The number of carbonyl (C=O) groups excluding carboxylic acids is 2. The first-order chi connectivity index (χ1) is 11.0. The maximum absolute atomic E-state index is 13.1. The van der Waals surface area contributed by atoms with Crippen molar-refractivity contribution >= 4 is 11.8 Å². The summed E-state index contributed by atoms with van der Waals surface area (Å²) in [6, 6.07) is 12.9. The van der Waals surface area contributed by atoms with Gasteiger partial charge >= 0.3 is 0 Å². The van der Waals surface area contributed by atoms with E-state index in [4.69, 9.17) is 0 Å². The van der Waals surface area contributed by atoms with Crippen LogP contribution >= 0.6 is 0 Å². The van der Waals surface area contributed by atoms with Crippen molar-refractivity contribution in [3.05, 3.63) is 71.0 Å². The second kappa shape index (κ2) is 7.54. The Bertz CT molecular complexity index is 714. The average molecular weight is 314 g/mol. The van der Waals surface area contributed by atoms with Gasteiger partial charge in [-0.15, -0.1) is 0 Å². The summed E-state index contributed by atoms with van der Waals surface area (Å²) in [5.41, 5.74) is 1.86. The van der Waals surface area contributed by atoms with Gasteiger partial charge in [0.05, 0.1) is 0 Å². The predicted molar refractivity (Wildman–Crippen MR) is 86.9 cm³/mol. The highest BCUT2D eigenvalue weighted by Crippen LogP contribution is 2.08. The summed E-state index contributed by atoms with van der Waals surface area (Å²) in [7, 11) is 3.41. The fourth-order valence-corrected chi connectivity index (χ4v) is 2.17. The Morgan fingerprint density at radius 1 is 1.04 bits per heavy atom. The lowest BCUT2D eigenvalue weighted by atomic mass is 10.1. The van der Waals surface area contributed by atoms with Crippen molar-refractivity contribution in [2.45, 2.75) is 6.42 Å². The molecule has 1 N–H and O–H groups in total. The van der Waals surface area contributed by atoms with Gasteiger partial charge in [0, 0.05) is 31.8 Å². The standard InChI is InChI=1S/C18H19FN2O2/c1-21(2)18(23)15-7-3-5-13(11-15)9-10-20-17(22)14-6-4-8-16(19)12-14/h3-8,11-12H,9-10H2,1-2H3,(H,20,22). The van der Waals surface area contributed by atoms with Gasteiger partial charge in [-0.1, -0.05) is 18.2 Å². The van der Waals surface area contributed by atoms with Crippen molar-refractivity contribution < 1.29 is 14.0 Å². The molecular formula is C18H19FN2O2. The van der Waals surface area contributed by atoms with Gasteiger partial charge in [-0.05, 0) is 42.3 Å². The van der Waals surface area contributed by atoms with Gasteiger partial charge in [0.25, 0.3) is 11.8 Å². The molecule has 0 aliphatic heterocycles. The first kappa shape index (κ1) is 16.7. The van der Waals surface area contributed by atoms with Crippen LogP contribution < -0.4 is 5.32 Å². The topological polar surface area (TPSA) is 49.4 Å². The van der Waals surface area contributed by atoms with Crippen LogP contribution in [-0.4, -0.2) is 37.4 Å². The van der Waals surface area contributed by atoms with Gasteiger partial charge in [-0.2, -0.15) is 0 Å². The lowest BCUT2D eigenvalue weighted by Crippen LogP contribution is -2.26. The maximum atomic E-state index is 13.1. The number of halogens is 1. The summed E-state index contributed by atoms with van der Waals surface area (Å²) in [6.45, 7) is 0.412. The van der Waals surface area contributed by atoms with Crippen LogP contribution in [0.5, 0.6) is 0 Å². The van der Waals surface area contributed by atoms with Crippen LogP contribution in [0.25, 0.3) is 0 Å². The van der Waals surface area contributed by atoms with E-state index in [1.807, 2.05) is 18.2 Å². The van der Waals surface area contributed by atoms with E-state index in [1.54, 1.807) is 26.2 Å². The molecule has 0 aliphatic rings. The van der Waals surface area contributed by atoms with E-state index in [0.717, 1.165) is 5.56 Å². The number of nitrogens with one attached hydrogen (secondary N) is 1. The van der Waals surface area contributed by atoms with E-state index in [9.17, 15) is 14.0 Å². The molecule has 0 saturated carbocycles. The van der Waals surface area contributed by atoms with Crippen LogP contribution in [0.3, 0.4) is 0 Å². The van der Waals surface area contributed by atoms with Gasteiger partial charge < -0.3 is 10.2 Å². The fraction of sp³-hybridized carbons (Fsp3) is 0.222. The van der Waals surface area contributed by atoms with Crippen LogP contribution in [0, 0.1) is 5.82 Å². The number of carbonyl (C=O) groups is 2. The Morgan fingerprint density at radius 3 is 2.43 bits per heavy atom. The largest absolute Gasteiger partial charge is 0.352 e. The zero-order valence-corrected chi connectivity index (χ0v) is 13.2. The molecule has 2 aromatic carbocycles. The van der Waals surface area contributed by atoms with Crippen molar-refractivity contribution in [2.75, 3.05) is 20.6 Å². The van der Waals surface area contributed by atoms with Gasteiger partial charge in [0.15, 0.2) is 0 Å². The minimum absolute atomic E-state index is 0.0596. The van der Waals surface area contributed by atoms with E-state index in [2.05, 4.69) is 5.32 Å². The summed E-state index contributed by atoms with van der Waals surface area (Å²) in [6.07, 6.45) is 0.593. The lowest BCUT2D eigenvalue weighted by Gasteiger charge is -2.11. The molecule has 0 fully saturated rings. The molecule has 5 heteroatoms. The average Bonchev–Trinajstić information content (AvgIpc) is 2.54. The molecule has 0 heterocycles.